The van der Waals surface area contributed by atoms with Crippen molar-refractivity contribution in [3.8, 4) is 24.3 Å². The minimum Gasteiger partial charge on any atom is -0.462 e. The average Bonchev–Trinajstić information content (AvgIpc) is 3.55. The molecule has 278 valence electrons. The maximum atomic E-state index is 13.2. The molecule has 0 aromatic heterocycles. The SMILES string of the molecule is CC1(C)CC(N2CCCCCC2)=C(C#N)/C(=C(\C#N)C(=O)OCCCCCCOC(=O)/C(C#N)=C2\CC(C)(C)CC(N3CCCCCC3)=C2C#N)C1. The summed E-state index contributed by atoms with van der Waals surface area (Å²) < 4.78 is 11.1. The van der Waals surface area contributed by atoms with E-state index in [1.165, 1.54) is 25.7 Å². The van der Waals surface area contributed by atoms with E-state index in [1.54, 1.807) is 0 Å². The highest BCUT2D eigenvalue weighted by molar-refractivity contribution is 5.95. The molecule has 2 fully saturated rings. The van der Waals surface area contributed by atoms with Crippen molar-refractivity contribution in [2.45, 2.75) is 130 Å². The Hall–Kier alpha value is -4.54. The van der Waals surface area contributed by atoms with Gasteiger partial charge in [-0.3, -0.25) is 0 Å². The summed E-state index contributed by atoms with van der Waals surface area (Å²) in [5, 5.41) is 40.5. The number of ether oxygens (including phenoxy) is 2. The van der Waals surface area contributed by atoms with Crippen molar-refractivity contribution in [2.24, 2.45) is 10.8 Å². The standard InChI is InChI=1S/C42H56N6O4/c1-41(2)23-31(33(27-43)37(25-41)47-17-11-5-6-12-18-47)35(29-45)39(49)51-21-15-9-10-16-22-52-40(50)36(30-46)32-24-42(3,4)26-38(34(32)28-44)48-19-13-7-8-14-20-48/h5-26H2,1-4H3/b35-31+,36-32+. The van der Waals surface area contributed by atoms with Crippen LogP contribution in [0.2, 0.25) is 0 Å². The first kappa shape index (κ1) is 40.2. The van der Waals surface area contributed by atoms with Gasteiger partial charge in [0.25, 0.3) is 0 Å². The van der Waals surface area contributed by atoms with Crippen LogP contribution < -0.4 is 0 Å². The zero-order valence-corrected chi connectivity index (χ0v) is 31.9. The Morgan fingerprint density at radius 2 is 0.904 bits per heavy atom. The van der Waals surface area contributed by atoms with Crippen LogP contribution in [-0.4, -0.2) is 61.1 Å². The Morgan fingerprint density at radius 1 is 0.558 bits per heavy atom. The summed E-state index contributed by atoms with van der Waals surface area (Å²) in [5.74, 6) is -1.39. The molecule has 0 N–H and O–H groups in total. The van der Waals surface area contributed by atoms with Gasteiger partial charge in [-0.25, -0.2) is 9.59 Å². The van der Waals surface area contributed by atoms with E-state index in [0.717, 1.165) is 76.1 Å². The first-order valence-corrected chi connectivity index (χ1v) is 19.3. The lowest BCUT2D eigenvalue weighted by Gasteiger charge is -2.38. The zero-order chi connectivity index (χ0) is 37.7. The second kappa shape index (κ2) is 18.8. The van der Waals surface area contributed by atoms with Gasteiger partial charge in [0.1, 0.15) is 35.4 Å². The van der Waals surface area contributed by atoms with Crippen LogP contribution in [0.4, 0.5) is 0 Å². The summed E-state index contributed by atoms with van der Waals surface area (Å²) in [6, 6.07) is 8.79. The minimum atomic E-state index is -0.695. The molecule has 0 atom stereocenters. The molecular weight excluding hydrogens is 652 g/mol. The van der Waals surface area contributed by atoms with E-state index >= 15 is 0 Å². The van der Waals surface area contributed by atoms with Gasteiger partial charge >= 0.3 is 11.9 Å². The third-order valence-electron chi connectivity index (χ3n) is 10.7. The van der Waals surface area contributed by atoms with Crippen LogP contribution in [-0.2, 0) is 19.1 Å². The number of rotatable bonds is 11. The summed E-state index contributed by atoms with van der Waals surface area (Å²) in [4.78, 5) is 30.9. The molecule has 2 saturated heterocycles. The number of unbranched alkanes of at least 4 members (excludes halogenated alkanes) is 3. The molecule has 0 aromatic rings. The van der Waals surface area contributed by atoms with E-state index in [1.807, 2.05) is 0 Å². The smallest absolute Gasteiger partial charge is 0.349 e. The molecule has 4 rings (SSSR count). The predicted molar refractivity (Wildman–Crippen MR) is 197 cm³/mol. The van der Waals surface area contributed by atoms with Crippen LogP contribution >= 0.6 is 0 Å². The quantitative estimate of drug-likeness (QED) is 0.0887. The second-order valence-corrected chi connectivity index (χ2v) is 16.3. The summed E-state index contributed by atoms with van der Waals surface area (Å²) >= 11 is 0. The number of hydrogen-bond donors (Lipinski definition) is 0. The van der Waals surface area contributed by atoms with E-state index in [2.05, 4.69) is 61.8 Å². The Labute approximate surface area is 311 Å². The molecule has 0 spiro atoms. The van der Waals surface area contributed by atoms with Gasteiger partial charge in [0, 0.05) is 37.6 Å². The largest absolute Gasteiger partial charge is 0.462 e. The molecular formula is C42H56N6O4. The predicted octanol–water partition coefficient (Wildman–Crippen LogP) is 8.22. The summed E-state index contributed by atoms with van der Waals surface area (Å²) in [6.45, 7) is 12.2. The molecule has 2 heterocycles. The van der Waals surface area contributed by atoms with Crippen molar-refractivity contribution in [1.29, 1.82) is 21.0 Å². The Kier molecular flexibility index (Phi) is 14.5. The van der Waals surface area contributed by atoms with Gasteiger partial charge in [0.2, 0.25) is 0 Å². The van der Waals surface area contributed by atoms with E-state index in [9.17, 15) is 30.6 Å². The number of nitrogens with zero attached hydrogens (tertiary/aromatic N) is 6. The number of allylic oxidation sites excluding steroid dienone is 6. The fourth-order valence-corrected chi connectivity index (χ4v) is 8.11. The van der Waals surface area contributed by atoms with Crippen molar-refractivity contribution in [2.75, 3.05) is 39.4 Å². The van der Waals surface area contributed by atoms with Gasteiger partial charge in [-0.15, -0.1) is 0 Å². The fourth-order valence-electron chi connectivity index (χ4n) is 8.11. The van der Waals surface area contributed by atoms with Gasteiger partial charge in [-0.1, -0.05) is 53.4 Å². The number of carbonyl (C=O) groups excluding carboxylic acids is 2. The third-order valence-corrected chi connectivity index (χ3v) is 10.7. The first-order chi connectivity index (χ1) is 24.9. The molecule has 10 heteroatoms. The molecule has 4 aliphatic rings. The molecule has 0 amide bonds. The zero-order valence-electron chi connectivity index (χ0n) is 31.9. The van der Waals surface area contributed by atoms with Crippen LogP contribution in [0, 0.1) is 56.2 Å². The summed E-state index contributed by atoms with van der Waals surface area (Å²) in [5.41, 5.74) is 3.19. The fraction of sp³-hybridized carbons (Fsp3) is 0.667. The monoisotopic (exact) mass is 708 g/mol. The van der Waals surface area contributed by atoms with Crippen LogP contribution in [0.5, 0.6) is 0 Å². The highest BCUT2D eigenvalue weighted by Crippen LogP contribution is 2.46. The molecule has 0 aromatic carbocycles. The van der Waals surface area contributed by atoms with Crippen molar-refractivity contribution in [3.05, 3.63) is 44.8 Å². The topological polar surface area (TPSA) is 154 Å². The summed E-state index contributed by atoms with van der Waals surface area (Å²) in [6.07, 6.45) is 13.8. The average molecular weight is 709 g/mol. The minimum absolute atomic E-state index is 0.0831. The summed E-state index contributed by atoms with van der Waals surface area (Å²) in [7, 11) is 0. The highest BCUT2D eigenvalue weighted by atomic mass is 16.5. The van der Waals surface area contributed by atoms with Gasteiger partial charge in [0.05, 0.1) is 24.4 Å². The molecule has 2 aliphatic heterocycles. The third kappa shape index (κ3) is 10.5. The lowest BCUT2D eigenvalue weighted by Crippen LogP contribution is -2.33. The number of carbonyl (C=O) groups is 2. The maximum Gasteiger partial charge on any atom is 0.349 e. The number of esters is 2. The lowest BCUT2D eigenvalue weighted by atomic mass is 9.72. The Balaban J connectivity index is 1.31. The van der Waals surface area contributed by atoms with E-state index in [-0.39, 0.29) is 35.2 Å². The maximum absolute atomic E-state index is 13.2. The molecule has 52 heavy (non-hydrogen) atoms. The van der Waals surface area contributed by atoms with E-state index < -0.39 is 11.9 Å². The van der Waals surface area contributed by atoms with Crippen LogP contribution in [0.15, 0.2) is 44.8 Å². The van der Waals surface area contributed by atoms with Crippen LogP contribution in [0.25, 0.3) is 0 Å². The van der Waals surface area contributed by atoms with E-state index in [4.69, 9.17) is 9.47 Å². The van der Waals surface area contributed by atoms with Gasteiger partial charge < -0.3 is 19.3 Å². The van der Waals surface area contributed by atoms with Crippen molar-refractivity contribution >= 4 is 11.9 Å². The molecule has 0 bridgehead atoms. The van der Waals surface area contributed by atoms with Gasteiger partial charge in [-0.05, 0) is 99.0 Å². The highest BCUT2D eigenvalue weighted by Gasteiger charge is 2.38. The van der Waals surface area contributed by atoms with Gasteiger partial charge in [-0.2, -0.15) is 21.0 Å². The Bertz CT molecular complexity index is 1510. The second-order valence-electron chi connectivity index (χ2n) is 16.3. The first-order valence-electron chi connectivity index (χ1n) is 19.3. The molecule has 0 unspecified atom stereocenters. The number of hydrogen-bond acceptors (Lipinski definition) is 10. The van der Waals surface area contributed by atoms with Crippen molar-refractivity contribution in [1.82, 2.24) is 9.80 Å². The van der Waals surface area contributed by atoms with Crippen LogP contribution in [0.3, 0.4) is 0 Å². The van der Waals surface area contributed by atoms with E-state index in [0.29, 0.717) is 60.8 Å². The van der Waals surface area contributed by atoms with Crippen molar-refractivity contribution < 1.29 is 19.1 Å². The van der Waals surface area contributed by atoms with Crippen molar-refractivity contribution in [3.63, 3.8) is 0 Å². The van der Waals surface area contributed by atoms with Crippen LogP contribution in [0.1, 0.15) is 130 Å². The molecule has 10 nitrogen and oxygen atoms in total. The lowest BCUT2D eigenvalue weighted by molar-refractivity contribution is -0.140. The Morgan fingerprint density at radius 3 is 1.21 bits per heavy atom. The number of likely N-dealkylation sites (tertiary alicyclic amines) is 2. The molecule has 2 aliphatic carbocycles. The molecule has 0 radical (unpaired) electrons. The number of nitriles is 4. The van der Waals surface area contributed by atoms with Gasteiger partial charge in [0.15, 0.2) is 0 Å². The molecule has 0 saturated carbocycles. The normalized spacial score (nSPS) is 22.5.